The maximum absolute atomic E-state index is 12.7. The largest absolute Gasteiger partial charge is 0.449 e. The van der Waals surface area contributed by atoms with Gasteiger partial charge in [-0.2, -0.15) is 0 Å². The van der Waals surface area contributed by atoms with Gasteiger partial charge >= 0.3 is 5.97 Å². The molecule has 0 saturated carbocycles. The van der Waals surface area contributed by atoms with Crippen LogP contribution in [0.15, 0.2) is 59.3 Å². The Kier molecular flexibility index (Phi) is 6.21. The molecule has 0 aliphatic heterocycles. The van der Waals surface area contributed by atoms with Crippen LogP contribution < -0.4 is 5.32 Å². The SMILES string of the molecule is Cc1cccc(NC(=O)[C@@H](C)OC(=O)/C(=C/c2cccs2)c2cccs2)c1. The van der Waals surface area contributed by atoms with E-state index in [0.29, 0.717) is 11.3 Å². The molecular weight excluding hydrogens is 378 g/mol. The van der Waals surface area contributed by atoms with E-state index in [-0.39, 0.29) is 5.91 Å². The van der Waals surface area contributed by atoms with Crippen LogP contribution in [0, 0.1) is 6.92 Å². The molecule has 0 aliphatic rings. The Morgan fingerprint density at radius 1 is 1.07 bits per heavy atom. The molecule has 0 spiro atoms. The Hall–Kier alpha value is -2.70. The number of hydrogen-bond acceptors (Lipinski definition) is 5. The summed E-state index contributed by atoms with van der Waals surface area (Å²) in [5, 5.41) is 6.62. The van der Waals surface area contributed by atoms with Crippen molar-refractivity contribution in [1.82, 2.24) is 0 Å². The van der Waals surface area contributed by atoms with E-state index in [1.807, 2.05) is 60.1 Å². The van der Waals surface area contributed by atoms with Crippen LogP contribution in [0.5, 0.6) is 0 Å². The molecule has 0 unspecified atom stereocenters. The summed E-state index contributed by atoms with van der Waals surface area (Å²) in [5.74, 6) is -0.881. The number of hydrogen-bond donors (Lipinski definition) is 1. The highest BCUT2D eigenvalue weighted by Gasteiger charge is 2.22. The quantitative estimate of drug-likeness (QED) is 0.458. The smallest absolute Gasteiger partial charge is 0.340 e. The molecular formula is C21H19NO3S2. The zero-order chi connectivity index (χ0) is 19.2. The lowest BCUT2D eigenvalue weighted by Crippen LogP contribution is -2.30. The second-order valence-electron chi connectivity index (χ2n) is 5.96. The van der Waals surface area contributed by atoms with Crippen molar-refractivity contribution in [2.45, 2.75) is 20.0 Å². The van der Waals surface area contributed by atoms with Crippen LogP contribution in [0.3, 0.4) is 0 Å². The van der Waals surface area contributed by atoms with E-state index in [0.717, 1.165) is 15.3 Å². The Morgan fingerprint density at radius 2 is 1.85 bits per heavy atom. The Morgan fingerprint density at radius 3 is 2.52 bits per heavy atom. The number of ether oxygens (including phenoxy) is 1. The molecule has 0 fully saturated rings. The lowest BCUT2D eigenvalue weighted by atomic mass is 10.2. The molecule has 138 valence electrons. The Labute approximate surface area is 166 Å². The number of carbonyl (C=O) groups is 2. The molecule has 1 amide bonds. The van der Waals surface area contributed by atoms with Gasteiger partial charge in [0.2, 0.25) is 0 Å². The van der Waals surface area contributed by atoms with Gasteiger partial charge in [0.05, 0.1) is 5.57 Å². The number of anilines is 1. The van der Waals surface area contributed by atoms with E-state index < -0.39 is 12.1 Å². The molecule has 3 rings (SSSR count). The molecule has 1 atom stereocenters. The van der Waals surface area contributed by atoms with Crippen molar-refractivity contribution in [3.05, 3.63) is 74.6 Å². The number of esters is 1. The minimum absolute atomic E-state index is 0.365. The minimum atomic E-state index is -0.912. The van der Waals surface area contributed by atoms with Crippen molar-refractivity contribution in [1.29, 1.82) is 0 Å². The molecule has 1 N–H and O–H groups in total. The maximum Gasteiger partial charge on any atom is 0.340 e. The fraction of sp³-hybridized carbons (Fsp3) is 0.143. The summed E-state index contributed by atoms with van der Waals surface area (Å²) in [5.41, 5.74) is 2.16. The van der Waals surface area contributed by atoms with E-state index in [9.17, 15) is 9.59 Å². The van der Waals surface area contributed by atoms with E-state index in [1.165, 1.54) is 22.7 Å². The first kappa shape index (κ1) is 19.1. The number of amides is 1. The average molecular weight is 398 g/mol. The lowest BCUT2D eigenvalue weighted by molar-refractivity contribution is -0.147. The fourth-order valence-corrected chi connectivity index (χ4v) is 3.81. The molecule has 1 aromatic carbocycles. The molecule has 0 aliphatic carbocycles. The Bertz CT molecular complexity index is 944. The highest BCUT2D eigenvalue weighted by molar-refractivity contribution is 7.12. The van der Waals surface area contributed by atoms with Crippen molar-refractivity contribution in [3.63, 3.8) is 0 Å². The molecule has 3 aromatic rings. The summed E-state index contributed by atoms with van der Waals surface area (Å²) in [6, 6.07) is 15.1. The van der Waals surface area contributed by atoms with Crippen LogP contribution in [-0.2, 0) is 14.3 Å². The highest BCUT2D eigenvalue weighted by Crippen LogP contribution is 2.26. The van der Waals surface area contributed by atoms with E-state index in [2.05, 4.69) is 5.32 Å². The fourth-order valence-electron chi connectivity index (χ4n) is 2.42. The summed E-state index contributed by atoms with van der Waals surface area (Å²) in [4.78, 5) is 26.9. The molecule has 2 aromatic heterocycles. The molecule has 6 heteroatoms. The summed E-state index contributed by atoms with van der Waals surface area (Å²) in [6.45, 7) is 3.52. The predicted octanol–water partition coefficient (Wildman–Crippen LogP) is 5.23. The van der Waals surface area contributed by atoms with Crippen molar-refractivity contribution >= 4 is 51.9 Å². The van der Waals surface area contributed by atoms with Gasteiger partial charge in [-0.25, -0.2) is 4.79 Å². The highest BCUT2D eigenvalue weighted by atomic mass is 32.1. The van der Waals surface area contributed by atoms with E-state index >= 15 is 0 Å². The zero-order valence-corrected chi connectivity index (χ0v) is 16.6. The van der Waals surface area contributed by atoms with E-state index in [4.69, 9.17) is 4.74 Å². The summed E-state index contributed by atoms with van der Waals surface area (Å²) < 4.78 is 5.44. The monoisotopic (exact) mass is 397 g/mol. The third kappa shape index (κ3) is 5.15. The zero-order valence-electron chi connectivity index (χ0n) is 15.0. The first-order valence-electron chi connectivity index (χ1n) is 8.40. The molecule has 0 radical (unpaired) electrons. The van der Waals surface area contributed by atoms with Crippen molar-refractivity contribution in [2.75, 3.05) is 5.32 Å². The molecule has 0 bridgehead atoms. The second kappa shape index (κ2) is 8.79. The van der Waals surface area contributed by atoms with Gasteiger partial charge < -0.3 is 10.1 Å². The van der Waals surface area contributed by atoms with Crippen LogP contribution in [0.4, 0.5) is 5.69 Å². The first-order chi connectivity index (χ1) is 13.0. The van der Waals surface area contributed by atoms with Gasteiger partial charge in [-0.3, -0.25) is 4.79 Å². The number of rotatable bonds is 6. The average Bonchev–Trinajstić information content (AvgIpc) is 3.33. The predicted molar refractivity (Wildman–Crippen MR) is 112 cm³/mol. The lowest BCUT2D eigenvalue weighted by Gasteiger charge is -2.15. The second-order valence-corrected chi connectivity index (χ2v) is 7.88. The maximum atomic E-state index is 12.7. The minimum Gasteiger partial charge on any atom is -0.449 e. The summed E-state index contributed by atoms with van der Waals surface area (Å²) in [7, 11) is 0. The number of carbonyl (C=O) groups excluding carboxylic acids is 2. The third-order valence-corrected chi connectivity index (χ3v) is 5.50. The number of aryl methyl sites for hydroxylation is 1. The summed E-state index contributed by atoms with van der Waals surface area (Å²) >= 11 is 2.99. The van der Waals surface area contributed by atoms with Crippen molar-refractivity contribution < 1.29 is 14.3 Å². The Balaban J connectivity index is 1.72. The van der Waals surface area contributed by atoms with Crippen LogP contribution in [0.1, 0.15) is 22.2 Å². The standard InChI is InChI=1S/C21H19NO3S2/c1-14-6-3-7-16(12-14)22-20(23)15(2)25-21(24)18(19-9-5-11-27-19)13-17-8-4-10-26-17/h3-13,15H,1-2H3,(H,22,23)/b18-13+/t15-/m1/s1. The van der Waals surface area contributed by atoms with Crippen molar-refractivity contribution in [3.8, 4) is 0 Å². The molecule has 2 heterocycles. The van der Waals surface area contributed by atoms with Gasteiger partial charge in [0.1, 0.15) is 0 Å². The van der Waals surface area contributed by atoms with Crippen LogP contribution >= 0.6 is 22.7 Å². The van der Waals surface area contributed by atoms with Gasteiger partial charge in [-0.1, -0.05) is 24.3 Å². The molecule has 27 heavy (non-hydrogen) atoms. The molecule has 4 nitrogen and oxygen atoms in total. The topological polar surface area (TPSA) is 55.4 Å². The third-order valence-electron chi connectivity index (χ3n) is 3.77. The van der Waals surface area contributed by atoms with Crippen molar-refractivity contribution in [2.24, 2.45) is 0 Å². The van der Waals surface area contributed by atoms with Crippen LogP contribution in [0.25, 0.3) is 11.6 Å². The van der Waals surface area contributed by atoms with Gasteiger partial charge in [0, 0.05) is 15.4 Å². The van der Waals surface area contributed by atoms with Gasteiger partial charge in [-0.15, -0.1) is 22.7 Å². The van der Waals surface area contributed by atoms with Gasteiger partial charge in [-0.05, 0) is 60.5 Å². The van der Waals surface area contributed by atoms with E-state index in [1.54, 1.807) is 19.1 Å². The number of thiophene rings is 2. The van der Waals surface area contributed by atoms with Crippen LogP contribution in [0.2, 0.25) is 0 Å². The number of benzene rings is 1. The summed E-state index contributed by atoms with van der Waals surface area (Å²) in [6.07, 6.45) is 0.883. The van der Waals surface area contributed by atoms with Crippen LogP contribution in [-0.4, -0.2) is 18.0 Å². The van der Waals surface area contributed by atoms with Gasteiger partial charge in [0.15, 0.2) is 6.10 Å². The molecule has 0 saturated heterocycles. The normalized spacial score (nSPS) is 12.4. The first-order valence-corrected chi connectivity index (χ1v) is 10.2. The van der Waals surface area contributed by atoms with Gasteiger partial charge in [0.25, 0.3) is 5.91 Å². The number of nitrogens with one attached hydrogen (secondary N) is 1.